The van der Waals surface area contributed by atoms with Crippen molar-refractivity contribution in [3.63, 3.8) is 0 Å². The van der Waals surface area contributed by atoms with E-state index in [2.05, 4.69) is 107 Å². The van der Waals surface area contributed by atoms with Crippen LogP contribution in [0.5, 0.6) is 0 Å². The number of hydrogen-bond donors (Lipinski definition) is 0. The summed E-state index contributed by atoms with van der Waals surface area (Å²) in [6, 6.07) is 42.3. The van der Waals surface area contributed by atoms with Gasteiger partial charge in [-0.3, -0.25) is 0 Å². The molecule has 4 heteroatoms. The van der Waals surface area contributed by atoms with Gasteiger partial charge in [-0.15, -0.1) is 21.5 Å². The summed E-state index contributed by atoms with van der Waals surface area (Å²) in [6.45, 7) is 0. The summed E-state index contributed by atoms with van der Waals surface area (Å²) in [5.74, 6) is 0. The Labute approximate surface area is 222 Å². The van der Waals surface area contributed by atoms with Gasteiger partial charge >= 0.3 is 0 Å². The van der Waals surface area contributed by atoms with E-state index >= 15 is 0 Å². The minimum atomic E-state index is 0.743. The van der Waals surface area contributed by atoms with Crippen molar-refractivity contribution in [2.75, 3.05) is 0 Å². The molecule has 0 saturated heterocycles. The molecule has 0 bridgehead atoms. The molecule has 0 saturated carbocycles. The predicted molar refractivity (Wildman–Crippen MR) is 159 cm³/mol. The van der Waals surface area contributed by atoms with Gasteiger partial charge in [-0.25, -0.2) is 0 Å². The van der Waals surface area contributed by atoms with E-state index in [4.69, 9.17) is 4.42 Å². The first-order valence-corrected chi connectivity index (χ1v) is 13.4. The van der Waals surface area contributed by atoms with Gasteiger partial charge in [0.25, 0.3) is 0 Å². The molecule has 0 unspecified atom stereocenters. The van der Waals surface area contributed by atoms with E-state index < -0.39 is 0 Å². The van der Waals surface area contributed by atoms with Gasteiger partial charge in [0.15, 0.2) is 5.58 Å². The SMILES string of the molecule is c1ccc(-c2ccc3c(c2)oc2cc(-c4cccc(-c5cccc6c5sc5ccccc56)c4)nnc23)cc1. The van der Waals surface area contributed by atoms with Crippen LogP contribution in [-0.2, 0) is 0 Å². The van der Waals surface area contributed by atoms with Crippen LogP contribution in [-0.4, -0.2) is 10.2 Å². The molecule has 0 radical (unpaired) electrons. The van der Waals surface area contributed by atoms with Gasteiger partial charge in [0.2, 0.25) is 0 Å². The van der Waals surface area contributed by atoms with E-state index in [1.165, 1.54) is 31.3 Å². The van der Waals surface area contributed by atoms with Crippen LogP contribution in [0.4, 0.5) is 0 Å². The first-order chi connectivity index (χ1) is 18.8. The second-order valence-electron chi connectivity index (χ2n) is 9.48. The largest absolute Gasteiger partial charge is 0.454 e. The fourth-order valence-electron chi connectivity index (χ4n) is 5.33. The molecule has 38 heavy (non-hydrogen) atoms. The summed E-state index contributed by atoms with van der Waals surface area (Å²) in [5, 5.41) is 12.8. The number of hydrogen-bond acceptors (Lipinski definition) is 4. The third-order valence-corrected chi connectivity index (χ3v) is 8.42. The highest BCUT2D eigenvalue weighted by Crippen LogP contribution is 2.40. The number of fused-ring (bicyclic) bond motifs is 6. The molecule has 5 aromatic carbocycles. The summed E-state index contributed by atoms with van der Waals surface area (Å²) in [7, 11) is 0. The Morgan fingerprint density at radius 1 is 0.500 bits per heavy atom. The van der Waals surface area contributed by atoms with Gasteiger partial charge < -0.3 is 4.42 Å². The van der Waals surface area contributed by atoms with Crippen molar-refractivity contribution in [3.05, 3.63) is 121 Å². The number of thiophene rings is 1. The maximum Gasteiger partial charge on any atom is 0.157 e. The van der Waals surface area contributed by atoms with Crippen LogP contribution in [0.3, 0.4) is 0 Å². The lowest BCUT2D eigenvalue weighted by atomic mass is 9.99. The van der Waals surface area contributed by atoms with E-state index in [-0.39, 0.29) is 0 Å². The van der Waals surface area contributed by atoms with Crippen molar-refractivity contribution in [1.82, 2.24) is 10.2 Å². The quantitative estimate of drug-likeness (QED) is 0.240. The van der Waals surface area contributed by atoms with Crippen LogP contribution >= 0.6 is 11.3 Å². The fourth-order valence-corrected chi connectivity index (χ4v) is 6.57. The second-order valence-corrected chi connectivity index (χ2v) is 10.5. The molecule has 0 N–H and O–H groups in total. The van der Waals surface area contributed by atoms with Crippen molar-refractivity contribution in [3.8, 4) is 33.5 Å². The van der Waals surface area contributed by atoms with E-state index in [0.717, 1.165) is 44.5 Å². The zero-order chi connectivity index (χ0) is 25.1. The zero-order valence-corrected chi connectivity index (χ0v) is 21.1. The molecular weight excluding hydrogens is 484 g/mol. The van der Waals surface area contributed by atoms with E-state index in [9.17, 15) is 0 Å². The smallest absolute Gasteiger partial charge is 0.157 e. The second kappa shape index (κ2) is 8.37. The monoisotopic (exact) mass is 504 g/mol. The normalized spacial score (nSPS) is 11.7. The fraction of sp³-hybridized carbons (Fsp3) is 0. The van der Waals surface area contributed by atoms with E-state index in [1.54, 1.807) is 0 Å². The Morgan fingerprint density at radius 3 is 2.24 bits per heavy atom. The average Bonchev–Trinajstić information content (AvgIpc) is 3.55. The minimum absolute atomic E-state index is 0.743. The first kappa shape index (κ1) is 21.3. The minimum Gasteiger partial charge on any atom is -0.454 e. The maximum atomic E-state index is 6.28. The lowest BCUT2D eigenvalue weighted by Crippen LogP contribution is -1.88. The Kier molecular flexibility index (Phi) is 4.69. The van der Waals surface area contributed by atoms with Crippen LogP contribution in [0, 0.1) is 0 Å². The molecule has 3 aromatic heterocycles. The number of furan rings is 1. The Hall–Kier alpha value is -4.80. The third-order valence-electron chi connectivity index (χ3n) is 7.20. The van der Waals surface area contributed by atoms with Crippen molar-refractivity contribution >= 4 is 53.6 Å². The molecule has 0 spiro atoms. The lowest BCUT2D eigenvalue weighted by molar-refractivity contribution is 0.667. The van der Waals surface area contributed by atoms with Gasteiger partial charge in [-0.1, -0.05) is 91.0 Å². The maximum absolute atomic E-state index is 6.28. The van der Waals surface area contributed by atoms with Gasteiger partial charge in [0, 0.05) is 37.2 Å². The van der Waals surface area contributed by atoms with Gasteiger partial charge in [-0.2, -0.15) is 0 Å². The molecule has 3 heterocycles. The third kappa shape index (κ3) is 3.35. The number of aromatic nitrogens is 2. The summed E-state index contributed by atoms with van der Waals surface area (Å²) in [4.78, 5) is 0. The highest BCUT2D eigenvalue weighted by Gasteiger charge is 2.14. The van der Waals surface area contributed by atoms with Gasteiger partial charge in [0.05, 0.1) is 5.69 Å². The summed E-state index contributed by atoms with van der Waals surface area (Å²) in [6.07, 6.45) is 0. The summed E-state index contributed by atoms with van der Waals surface area (Å²) >= 11 is 1.85. The van der Waals surface area contributed by atoms with Crippen molar-refractivity contribution < 1.29 is 4.42 Å². The first-order valence-electron chi connectivity index (χ1n) is 12.6. The Morgan fingerprint density at radius 2 is 1.29 bits per heavy atom. The Balaban J connectivity index is 1.23. The van der Waals surface area contributed by atoms with Crippen molar-refractivity contribution in [2.24, 2.45) is 0 Å². The van der Waals surface area contributed by atoms with E-state index in [0.29, 0.717) is 0 Å². The standard InChI is InChI=1S/C34H20N2OS/c1-2-8-21(9-3-1)22-16-17-28-30(19-22)37-31-20-29(35-36-33(28)31)24-11-6-10-23(18-24)25-13-7-14-27-26-12-4-5-15-32(26)38-34(25)27/h1-20H. The topological polar surface area (TPSA) is 38.9 Å². The number of benzene rings is 5. The molecule has 178 valence electrons. The molecule has 3 nitrogen and oxygen atoms in total. The highest BCUT2D eigenvalue weighted by atomic mass is 32.1. The summed E-state index contributed by atoms with van der Waals surface area (Å²) < 4.78 is 8.89. The predicted octanol–water partition coefficient (Wildman–Crippen LogP) is 9.74. The molecule has 0 aliphatic rings. The molecule has 8 rings (SSSR count). The molecule has 0 aliphatic carbocycles. The van der Waals surface area contributed by atoms with Crippen LogP contribution in [0.1, 0.15) is 0 Å². The zero-order valence-electron chi connectivity index (χ0n) is 20.3. The van der Waals surface area contributed by atoms with Crippen LogP contribution in [0.2, 0.25) is 0 Å². The molecule has 0 atom stereocenters. The highest BCUT2D eigenvalue weighted by molar-refractivity contribution is 7.26. The molecule has 0 amide bonds. The van der Waals surface area contributed by atoms with Gasteiger partial charge in [0.1, 0.15) is 11.1 Å². The molecule has 0 aliphatic heterocycles. The summed E-state index contributed by atoms with van der Waals surface area (Å²) in [5.41, 5.74) is 8.83. The van der Waals surface area contributed by atoms with Gasteiger partial charge in [-0.05, 0) is 46.5 Å². The average molecular weight is 505 g/mol. The van der Waals surface area contributed by atoms with Crippen LogP contribution in [0.15, 0.2) is 126 Å². The van der Waals surface area contributed by atoms with Crippen LogP contribution in [0.25, 0.3) is 75.8 Å². The lowest BCUT2D eigenvalue weighted by Gasteiger charge is -2.06. The Bertz CT molecular complexity index is 2140. The van der Waals surface area contributed by atoms with E-state index in [1.807, 2.05) is 35.6 Å². The molecule has 0 fully saturated rings. The van der Waals surface area contributed by atoms with Crippen LogP contribution < -0.4 is 0 Å². The molecular formula is C34H20N2OS. The van der Waals surface area contributed by atoms with Crippen molar-refractivity contribution in [1.29, 1.82) is 0 Å². The number of nitrogens with zero attached hydrogens (tertiary/aromatic N) is 2. The van der Waals surface area contributed by atoms with Crippen molar-refractivity contribution in [2.45, 2.75) is 0 Å². The molecule has 8 aromatic rings. The number of rotatable bonds is 3.